The molecule has 5 nitrogen and oxygen atoms in total. The molecule has 1 amide bonds. The number of carbonyl (C=O) groups is 1. The molecule has 0 bridgehead atoms. The minimum absolute atomic E-state index is 0.226. The van der Waals surface area contributed by atoms with Crippen LogP contribution in [0, 0.1) is 6.92 Å². The second-order valence-corrected chi connectivity index (χ2v) is 5.71. The number of amides is 1. The molecule has 3 N–H and O–H groups in total. The highest BCUT2D eigenvalue weighted by molar-refractivity contribution is 9.10. The molecule has 1 aromatic heterocycles. The highest BCUT2D eigenvalue weighted by Gasteiger charge is 2.16. The molecular formula is C12H13BrN4OS. The number of aryl methyl sites for hydroxylation is 2. The van der Waals surface area contributed by atoms with Crippen molar-refractivity contribution >= 4 is 44.7 Å². The van der Waals surface area contributed by atoms with Gasteiger partial charge >= 0.3 is 0 Å². The van der Waals surface area contributed by atoms with Crippen LogP contribution in [0.25, 0.3) is 0 Å². The summed E-state index contributed by atoms with van der Waals surface area (Å²) in [5, 5.41) is 6.73. The molecular weight excluding hydrogens is 328 g/mol. The zero-order chi connectivity index (χ0) is 14.0. The Morgan fingerprint density at radius 3 is 2.95 bits per heavy atom. The number of nitrogens with zero attached hydrogens (tertiary/aromatic N) is 2. The van der Waals surface area contributed by atoms with Crippen LogP contribution in [-0.2, 0) is 6.42 Å². The van der Waals surface area contributed by atoms with Gasteiger partial charge in [0.1, 0.15) is 4.88 Å². The largest absolute Gasteiger partial charge is 0.397 e. The highest BCUT2D eigenvalue weighted by atomic mass is 79.9. The van der Waals surface area contributed by atoms with Crippen molar-refractivity contribution in [3.05, 3.63) is 32.7 Å². The average Bonchev–Trinajstić information content (AvgIpc) is 2.83. The minimum Gasteiger partial charge on any atom is -0.397 e. The van der Waals surface area contributed by atoms with Gasteiger partial charge in [-0.3, -0.25) is 4.79 Å². The summed E-state index contributed by atoms with van der Waals surface area (Å²) in [7, 11) is 0. The normalized spacial score (nSPS) is 10.5. The molecule has 1 heterocycles. The number of halogens is 1. The molecule has 0 radical (unpaired) electrons. The monoisotopic (exact) mass is 340 g/mol. The van der Waals surface area contributed by atoms with Crippen LogP contribution in [0.2, 0.25) is 0 Å². The van der Waals surface area contributed by atoms with Crippen molar-refractivity contribution in [2.24, 2.45) is 0 Å². The van der Waals surface area contributed by atoms with E-state index >= 15 is 0 Å². The first kappa shape index (κ1) is 14.0. The van der Waals surface area contributed by atoms with Gasteiger partial charge in [-0.25, -0.2) is 0 Å². The number of hydrogen-bond acceptors (Lipinski definition) is 5. The molecule has 0 unspecified atom stereocenters. The smallest absolute Gasteiger partial charge is 0.269 e. The Balaban J connectivity index is 2.29. The van der Waals surface area contributed by atoms with Crippen LogP contribution in [-0.4, -0.2) is 15.5 Å². The number of nitrogens with one attached hydrogen (secondary N) is 1. The standard InChI is InChI=1S/C12H13BrN4OS/c1-3-8-11(19-17-16-8)12(18)15-9-5-7(13)4-6(2)10(9)14/h4-5H,3,14H2,1-2H3,(H,15,18). The summed E-state index contributed by atoms with van der Waals surface area (Å²) >= 11 is 4.48. The van der Waals surface area contributed by atoms with Gasteiger partial charge in [-0.15, -0.1) is 5.10 Å². The van der Waals surface area contributed by atoms with Crippen LogP contribution in [0.15, 0.2) is 16.6 Å². The summed E-state index contributed by atoms with van der Waals surface area (Å²) in [5.41, 5.74) is 8.72. The predicted molar refractivity (Wildman–Crippen MR) is 80.5 cm³/mol. The van der Waals surface area contributed by atoms with Crippen LogP contribution in [0.5, 0.6) is 0 Å². The average molecular weight is 341 g/mol. The summed E-state index contributed by atoms with van der Waals surface area (Å²) < 4.78 is 4.67. The van der Waals surface area contributed by atoms with Gasteiger partial charge in [0.05, 0.1) is 17.1 Å². The van der Waals surface area contributed by atoms with Crippen molar-refractivity contribution in [1.29, 1.82) is 0 Å². The van der Waals surface area contributed by atoms with E-state index in [1.807, 2.05) is 19.9 Å². The van der Waals surface area contributed by atoms with E-state index in [0.717, 1.165) is 21.6 Å². The maximum Gasteiger partial charge on any atom is 0.269 e. The molecule has 0 atom stereocenters. The number of nitrogen functional groups attached to an aromatic ring is 1. The number of benzene rings is 1. The van der Waals surface area contributed by atoms with E-state index in [2.05, 4.69) is 30.8 Å². The number of aromatic nitrogens is 2. The Hall–Kier alpha value is -1.47. The molecule has 0 aliphatic carbocycles. The third-order valence-electron chi connectivity index (χ3n) is 2.70. The lowest BCUT2D eigenvalue weighted by molar-refractivity contribution is 0.102. The van der Waals surface area contributed by atoms with E-state index in [1.165, 1.54) is 0 Å². The van der Waals surface area contributed by atoms with Crippen molar-refractivity contribution in [2.75, 3.05) is 11.1 Å². The third-order valence-corrected chi connectivity index (χ3v) is 3.92. The second-order valence-electron chi connectivity index (χ2n) is 4.04. The quantitative estimate of drug-likeness (QED) is 0.841. The number of carbonyl (C=O) groups excluding carboxylic acids is 1. The van der Waals surface area contributed by atoms with Gasteiger partial charge in [-0.2, -0.15) is 0 Å². The molecule has 0 aliphatic rings. The van der Waals surface area contributed by atoms with Gasteiger partial charge in [0.2, 0.25) is 0 Å². The number of nitrogens with two attached hydrogens (primary N) is 1. The first-order valence-electron chi connectivity index (χ1n) is 5.71. The highest BCUT2D eigenvalue weighted by Crippen LogP contribution is 2.28. The third kappa shape index (κ3) is 2.93. The maximum atomic E-state index is 12.2. The van der Waals surface area contributed by atoms with Crippen molar-refractivity contribution in [1.82, 2.24) is 9.59 Å². The molecule has 0 fully saturated rings. The Kier molecular flexibility index (Phi) is 4.16. The van der Waals surface area contributed by atoms with Crippen LogP contribution in [0.3, 0.4) is 0 Å². The van der Waals surface area contributed by atoms with Crippen molar-refractivity contribution in [3.63, 3.8) is 0 Å². The summed E-state index contributed by atoms with van der Waals surface area (Å²) in [6, 6.07) is 3.68. The fourth-order valence-corrected chi connectivity index (χ4v) is 2.87. The predicted octanol–water partition coefficient (Wildman–Crippen LogP) is 3.01. The zero-order valence-electron chi connectivity index (χ0n) is 10.5. The molecule has 100 valence electrons. The molecule has 0 aliphatic heterocycles. The first-order valence-corrected chi connectivity index (χ1v) is 7.27. The second kappa shape index (κ2) is 5.66. The van der Waals surface area contributed by atoms with Crippen LogP contribution < -0.4 is 11.1 Å². The minimum atomic E-state index is -0.226. The van der Waals surface area contributed by atoms with Crippen LogP contribution >= 0.6 is 27.5 Å². The van der Waals surface area contributed by atoms with Crippen LogP contribution in [0.1, 0.15) is 27.9 Å². The lowest BCUT2D eigenvalue weighted by atomic mass is 10.1. The SMILES string of the molecule is CCc1nnsc1C(=O)Nc1cc(Br)cc(C)c1N. The first-order chi connectivity index (χ1) is 9.02. The van der Waals surface area contributed by atoms with E-state index in [0.29, 0.717) is 28.4 Å². The van der Waals surface area contributed by atoms with E-state index in [1.54, 1.807) is 6.07 Å². The molecule has 2 rings (SSSR count). The fourth-order valence-electron chi connectivity index (χ4n) is 1.65. The topological polar surface area (TPSA) is 80.9 Å². The van der Waals surface area contributed by atoms with Crippen molar-refractivity contribution in [2.45, 2.75) is 20.3 Å². The van der Waals surface area contributed by atoms with Gasteiger partial charge in [0, 0.05) is 4.47 Å². The summed E-state index contributed by atoms with van der Waals surface area (Å²) in [5.74, 6) is -0.226. The van der Waals surface area contributed by atoms with Gasteiger partial charge in [-0.1, -0.05) is 27.3 Å². The van der Waals surface area contributed by atoms with E-state index < -0.39 is 0 Å². The van der Waals surface area contributed by atoms with Gasteiger partial charge in [-0.05, 0) is 42.6 Å². The number of rotatable bonds is 3. The Labute approximate surface area is 123 Å². The lowest BCUT2D eigenvalue weighted by Gasteiger charge is -2.10. The van der Waals surface area contributed by atoms with Gasteiger partial charge in [0.25, 0.3) is 5.91 Å². The molecule has 2 aromatic rings. The van der Waals surface area contributed by atoms with Gasteiger partial charge in [0.15, 0.2) is 0 Å². The zero-order valence-corrected chi connectivity index (χ0v) is 12.9. The van der Waals surface area contributed by atoms with E-state index in [4.69, 9.17) is 5.73 Å². The summed E-state index contributed by atoms with van der Waals surface area (Å²) in [6.07, 6.45) is 0.673. The maximum absolute atomic E-state index is 12.2. The number of hydrogen-bond donors (Lipinski definition) is 2. The van der Waals surface area contributed by atoms with Crippen LogP contribution in [0.4, 0.5) is 11.4 Å². The van der Waals surface area contributed by atoms with Gasteiger partial charge < -0.3 is 11.1 Å². The summed E-state index contributed by atoms with van der Waals surface area (Å²) in [4.78, 5) is 12.7. The summed E-state index contributed by atoms with van der Waals surface area (Å²) in [6.45, 7) is 3.83. The molecule has 0 spiro atoms. The molecule has 0 saturated heterocycles. The molecule has 7 heteroatoms. The molecule has 1 aromatic carbocycles. The molecule has 19 heavy (non-hydrogen) atoms. The Morgan fingerprint density at radius 2 is 2.26 bits per heavy atom. The number of anilines is 2. The Bertz CT molecular complexity index is 626. The van der Waals surface area contributed by atoms with E-state index in [-0.39, 0.29) is 5.91 Å². The lowest BCUT2D eigenvalue weighted by Crippen LogP contribution is -2.14. The van der Waals surface area contributed by atoms with Crippen molar-refractivity contribution in [3.8, 4) is 0 Å². The Morgan fingerprint density at radius 1 is 1.53 bits per heavy atom. The van der Waals surface area contributed by atoms with E-state index in [9.17, 15) is 4.79 Å². The fraction of sp³-hybridized carbons (Fsp3) is 0.250. The molecule has 0 saturated carbocycles. The van der Waals surface area contributed by atoms with Crippen molar-refractivity contribution < 1.29 is 4.79 Å².